The minimum absolute atomic E-state index is 0.222. The lowest BCUT2D eigenvalue weighted by molar-refractivity contribution is -0.822. The van der Waals surface area contributed by atoms with E-state index in [9.17, 15) is 4.91 Å². The van der Waals surface area contributed by atoms with Gasteiger partial charge in [0.15, 0.2) is 0 Å². The van der Waals surface area contributed by atoms with Crippen molar-refractivity contribution in [1.82, 2.24) is 5.43 Å². The summed E-state index contributed by atoms with van der Waals surface area (Å²) in [6.45, 7) is 0. The Labute approximate surface area is 85.7 Å². The van der Waals surface area contributed by atoms with Gasteiger partial charge in [0.25, 0.3) is 5.96 Å². The van der Waals surface area contributed by atoms with E-state index in [-0.39, 0.29) is 5.96 Å². The van der Waals surface area contributed by atoms with Crippen LogP contribution >= 0.6 is 0 Å². The molecule has 0 unspecified atom stereocenters. The number of guanidine groups is 1. The van der Waals surface area contributed by atoms with Gasteiger partial charge in [-0.2, -0.15) is 0 Å². The lowest BCUT2D eigenvalue weighted by Gasteiger charge is -1.99. The van der Waals surface area contributed by atoms with Crippen molar-refractivity contribution in [2.75, 3.05) is 7.11 Å². The van der Waals surface area contributed by atoms with Crippen LogP contribution in [-0.2, 0) is 0 Å². The molecule has 0 aliphatic rings. The summed E-state index contributed by atoms with van der Waals surface area (Å²) in [6, 6.07) is 6.76. The number of methoxy groups -OCH3 is 1. The second kappa shape index (κ2) is 4.80. The zero-order valence-electron chi connectivity index (χ0n) is 8.04. The lowest BCUT2D eigenvalue weighted by atomic mass is 10.3. The van der Waals surface area contributed by atoms with E-state index in [0.717, 1.165) is 0 Å². The summed E-state index contributed by atoms with van der Waals surface area (Å²) in [5.74, 6) is 0.396. The fourth-order valence-corrected chi connectivity index (χ4v) is 0.942. The smallest absolute Gasteiger partial charge is 0.362 e. The number of ether oxygens (including phenoxy) is 1. The molecule has 4 N–H and O–H groups in total. The van der Waals surface area contributed by atoms with Gasteiger partial charge in [-0.15, -0.1) is 0 Å². The molecule has 0 aliphatic heterocycles. The molecule has 7 nitrogen and oxygen atoms in total. The summed E-state index contributed by atoms with van der Waals surface area (Å²) in [5.41, 5.74) is 7.64. The van der Waals surface area contributed by atoms with Crippen molar-refractivity contribution in [3.05, 3.63) is 29.2 Å². The van der Waals surface area contributed by atoms with Gasteiger partial charge in [0.1, 0.15) is 10.7 Å². The average molecular weight is 211 g/mol. The highest BCUT2D eigenvalue weighted by molar-refractivity contribution is 5.79. The Hall–Kier alpha value is -2.31. The Morgan fingerprint density at radius 1 is 1.67 bits per heavy atom. The summed E-state index contributed by atoms with van der Waals surface area (Å²) >= 11 is 0. The van der Waals surface area contributed by atoms with Crippen LogP contribution in [0.2, 0.25) is 0 Å². The van der Waals surface area contributed by atoms with Gasteiger partial charge in [0.2, 0.25) is 0 Å². The third-order valence-electron chi connectivity index (χ3n) is 1.51. The molecular formula is C8H11N4O3+. The van der Waals surface area contributed by atoms with Crippen molar-refractivity contribution in [1.29, 1.82) is 0 Å². The quantitative estimate of drug-likeness (QED) is 0.379. The van der Waals surface area contributed by atoms with Crippen molar-refractivity contribution >= 4 is 11.6 Å². The molecule has 7 heteroatoms. The van der Waals surface area contributed by atoms with Crippen molar-refractivity contribution in [3.63, 3.8) is 0 Å². The lowest BCUT2D eigenvalue weighted by Crippen LogP contribution is -2.36. The van der Waals surface area contributed by atoms with Crippen molar-refractivity contribution in [2.24, 2.45) is 10.7 Å². The topological polar surface area (TPSA) is 100.0 Å². The molecule has 0 spiro atoms. The Balaban J connectivity index is 2.82. The number of benzene rings is 1. The van der Waals surface area contributed by atoms with Crippen LogP contribution in [0, 0.1) is 4.91 Å². The molecule has 15 heavy (non-hydrogen) atoms. The summed E-state index contributed by atoms with van der Waals surface area (Å²) < 4.78 is 4.97. The molecule has 0 bridgehead atoms. The van der Waals surface area contributed by atoms with E-state index < -0.39 is 5.03 Å². The first-order chi connectivity index (χ1) is 7.11. The van der Waals surface area contributed by atoms with Crippen molar-refractivity contribution in [2.45, 2.75) is 0 Å². The maximum Gasteiger partial charge on any atom is 0.362 e. The minimum Gasteiger partial charge on any atom is -0.497 e. The van der Waals surface area contributed by atoms with Crippen LogP contribution < -0.4 is 15.9 Å². The minimum atomic E-state index is -0.529. The van der Waals surface area contributed by atoms with Gasteiger partial charge in [-0.1, -0.05) is 6.07 Å². The molecule has 0 amide bonds. The van der Waals surface area contributed by atoms with Gasteiger partial charge in [-0.05, 0) is 17.6 Å². The van der Waals surface area contributed by atoms with Crippen LogP contribution in [0.1, 0.15) is 0 Å². The molecule has 0 heterocycles. The number of aliphatic imine (C=N–C) groups is 1. The van der Waals surface area contributed by atoms with Crippen molar-refractivity contribution < 1.29 is 15.0 Å². The van der Waals surface area contributed by atoms with Crippen LogP contribution in [0.5, 0.6) is 5.75 Å². The number of nitrogens with zero attached hydrogens (tertiary/aromatic N) is 2. The van der Waals surface area contributed by atoms with Gasteiger partial charge in [-0.3, -0.25) is 0 Å². The van der Waals surface area contributed by atoms with Gasteiger partial charge in [-0.25, -0.2) is 10.2 Å². The van der Waals surface area contributed by atoms with E-state index in [1.807, 2.05) is 5.43 Å². The predicted molar refractivity (Wildman–Crippen MR) is 52.8 cm³/mol. The number of hydrazine groups is 1. The predicted octanol–water partition coefficient (Wildman–Crippen LogP) is 0.314. The normalized spacial score (nSPS) is 10.9. The van der Waals surface area contributed by atoms with E-state index in [0.29, 0.717) is 11.4 Å². The fourth-order valence-electron chi connectivity index (χ4n) is 0.942. The van der Waals surface area contributed by atoms with E-state index >= 15 is 0 Å². The molecule has 1 rings (SSSR count). The highest BCUT2D eigenvalue weighted by Gasteiger charge is 2.04. The van der Waals surface area contributed by atoms with Gasteiger partial charge < -0.3 is 10.5 Å². The van der Waals surface area contributed by atoms with Crippen LogP contribution in [-0.4, -0.2) is 23.3 Å². The highest BCUT2D eigenvalue weighted by Crippen LogP contribution is 2.18. The standard InChI is InChI=1S/C8H11N4O3/c1-15-7-4-2-3-6(5-7)10-8(9)11-12(13)14/h2-5H,1H3,(H,13,14)(H3,9,10,11)/q+1. The summed E-state index contributed by atoms with van der Waals surface area (Å²) in [5, 5.41) is 7.75. The molecule has 0 aromatic heterocycles. The Morgan fingerprint density at radius 3 is 3.00 bits per heavy atom. The maximum atomic E-state index is 10.1. The van der Waals surface area contributed by atoms with Crippen LogP contribution in [0.3, 0.4) is 0 Å². The van der Waals surface area contributed by atoms with Gasteiger partial charge >= 0.3 is 5.03 Å². The Bertz CT molecular complexity index is 391. The Morgan fingerprint density at radius 2 is 2.40 bits per heavy atom. The highest BCUT2D eigenvalue weighted by atomic mass is 16.7. The largest absolute Gasteiger partial charge is 0.497 e. The summed E-state index contributed by atoms with van der Waals surface area (Å²) in [6.07, 6.45) is 0. The molecule has 0 atom stereocenters. The molecular weight excluding hydrogens is 200 g/mol. The monoisotopic (exact) mass is 211 g/mol. The van der Waals surface area contributed by atoms with Gasteiger partial charge in [0, 0.05) is 6.07 Å². The Kier molecular flexibility index (Phi) is 3.44. The second-order valence-electron chi connectivity index (χ2n) is 2.58. The number of hydrogen-bond donors (Lipinski definition) is 3. The number of nitrogens with one attached hydrogen (secondary N) is 1. The number of rotatable bonds is 3. The first-order valence-electron chi connectivity index (χ1n) is 4.03. The van der Waals surface area contributed by atoms with E-state index in [2.05, 4.69) is 4.99 Å². The van der Waals surface area contributed by atoms with Gasteiger partial charge in [0.05, 0.1) is 12.8 Å². The van der Waals surface area contributed by atoms with E-state index in [1.54, 1.807) is 24.3 Å². The van der Waals surface area contributed by atoms with Crippen LogP contribution in [0.25, 0.3) is 0 Å². The molecule has 80 valence electrons. The van der Waals surface area contributed by atoms with E-state index in [4.69, 9.17) is 15.7 Å². The summed E-state index contributed by atoms with van der Waals surface area (Å²) in [7, 11) is 1.53. The molecule has 0 aliphatic carbocycles. The summed E-state index contributed by atoms with van der Waals surface area (Å²) in [4.78, 5) is 14.0. The van der Waals surface area contributed by atoms with Crippen LogP contribution in [0.4, 0.5) is 5.69 Å². The average Bonchev–Trinajstić information content (AvgIpc) is 2.16. The molecule has 0 saturated carbocycles. The fraction of sp³-hybridized carbons (Fsp3) is 0.125. The molecule has 0 radical (unpaired) electrons. The molecule has 1 aromatic rings. The third kappa shape index (κ3) is 3.51. The molecule has 0 fully saturated rings. The SMILES string of the molecule is COc1cccc(N=C(N)N[N+](=O)O)c1. The first-order valence-corrected chi connectivity index (χ1v) is 4.03. The zero-order valence-corrected chi connectivity index (χ0v) is 8.04. The first kappa shape index (κ1) is 10.8. The van der Waals surface area contributed by atoms with E-state index in [1.165, 1.54) is 7.11 Å². The molecule has 1 aromatic carbocycles. The second-order valence-corrected chi connectivity index (χ2v) is 2.58. The zero-order chi connectivity index (χ0) is 11.3. The van der Waals surface area contributed by atoms with Crippen molar-refractivity contribution in [3.8, 4) is 5.75 Å². The molecule has 0 saturated heterocycles. The third-order valence-corrected chi connectivity index (χ3v) is 1.51. The van der Waals surface area contributed by atoms with Crippen LogP contribution in [0.15, 0.2) is 29.3 Å². The number of nitrogens with two attached hydrogens (primary N) is 1. The number of hydrogen-bond acceptors (Lipinski definition) is 3. The maximum absolute atomic E-state index is 10.1.